The zero-order chi connectivity index (χ0) is 25.3. The number of aliphatic hydroxyl groups excluding tert-OH is 1. The van der Waals surface area contributed by atoms with Crippen LogP contribution < -0.4 is 11.4 Å². The van der Waals surface area contributed by atoms with Crippen LogP contribution in [0.15, 0.2) is 17.1 Å². The number of phosphoric acid groups is 3. The van der Waals surface area contributed by atoms with Gasteiger partial charge in [-0.05, 0) is 6.07 Å². The number of nitriles is 1. The van der Waals surface area contributed by atoms with Gasteiger partial charge in [0.1, 0.15) is 11.9 Å². The Kier molecular flexibility index (Phi) is 6.07. The van der Waals surface area contributed by atoms with Crippen molar-refractivity contribution in [2.75, 3.05) is 12.3 Å². The van der Waals surface area contributed by atoms with E-state index in [1.165, 1.54) is 6.07 Å². The Bertz CT molecular complexity index is 1230. The third kappa shape index (κ3) is 4.20. The second-order valence-electron chi connectivity index (χ2n) is 6.76. The number of hydrogen-bond donors (Lipinski definition) is 7. The summed E-state index contributed by atoms with van der Waals surface area (Å²) in [6.07, 6.45) is -4.25. The number of alkyl halides is 1. The van der Waals surface area contributed by atoms with E-state index in [1.807, 2.05) is 0 Å². The Balaban J connectivity index is 1.88. The number of anilines is 1. The van der Waals surface area contributed by atoms with Gasteiger partial charge in [-0.3, -0.25) is 9.09 Å². The van der Waals surface area contributed by atoms with E-state index in [0.717, 1.165) is 12.3 Å². The van der Waals surface area contributed by atoms with Crippen molar-refractivity contribution < 1.29 is 65.8 Å². The molecule has 1 aromatic heterocycles. The molecule has 1 saturated carbocycles. The average Bonchev–Trinajstić information content (AvgIpc) is 3.00. The Morgan fingerprint density at radius 1 is 1.27 bits per heavy atom. The molecule has 1 aliphatic heterocycles. The average molecular weight is 538 g/mol. The summed E-state index contributed by atoms with van der Waals surface area (Å²) in [6, 6.07) is 2.37. The first-order valence-corrected chi connectivity index (χ1v) is 12.7. The SMILES string of the molecule is N#CC1(n2ccc(N)nc2=O)OC2(COP(=O)(O)OP(=O)(O)OP(=O)(O)O)C(F)C2(O)C1O. The highest BCUT2D eigenvalue weighted by atomic mass is 31.3. The third-order valence-electron chi connectivity index (χ3n) is 4.72. The van der Waals surface area contributed by atoms with Crippen LogP contribution in [0.25, 0.3) is 0 Å². The van der Waals surface area contributed by atoms with E-state index in [-0.39, 0.29) is 5.82 Å². The number of aromatic nitrogens is 2. The maximum atomic E-state index is 14.5. The summed E-state index contributed by atoms with van der Waals surface area (Å²) in [6.45, 7) is -1.54. The highest BCUT2D eigenvalue weighted by Crippen LogP contribution is 2.69. The van der Waals surface area contributed by atoms with Crippen LogP contribution in [0.3, 0.4) is 0 Å². The molecule has 0 amide bonds. The lowest BCUT2D eigenvalue weighted by atomic mass is 10.0. The molecule has 0 radical (unpaired) electrons. The number of nitrogen functional groups attached to an aromatic ring is 1. The van der Waals surface area contributed by atoms with Crippen LogP contribution in [0.1, 0.15) is 0 Å². The zero-order valence-electron chi connectivity index (χ0n) is 15.6. The van der Waals surface area contributed by atoms with Crippen LogP contribution in [0, 0.1) is 11.3 Å². The number of phosphoric ester groups is 1. The zero-order valence-corrected chi connectivity index (χ0v) is 18.3. The molecule has 18 nitrogen and oxygen atoms in total. The summed E-state index contributed by atoms with van der Waals surface area (Å²) in [5.74, 6) is -0.300. The molecule has 2 heterocycles. The van der Waals surface area contributed by atoms with E-state index >= 15 is 0 Å². The minimum Gasteiger partial charge on any atom is -0.384 e. The van der Waals surface area contributed by atoms with E-state index in [0.29, 0.717) is 4.57 Å². The molecule has 33 heavy (non-hydrogen) atoms. The Labute approximate surface area is 181 Å². The standard InChI is InChI=1S/C11H14FN4O14P3/c12-6-9(4-27-32(23,24)30-33(25,26)29-31(20,21)22)11(6,19)7(17)10(3-13,28-9)16-2-1-5(14)15-8(16)18/h1-2,6-7,17,19H,4H2,(H,23,24)(H,25,26)(H2,14,15,18)(H2,20,21,22). The Morgan fingerprint density at radius 2 is 1.88 bits per heavy atom. The number of rotatable bonds is 8. The topological polar surface area (TPSA) is 294 Å². The van der Waals surface area contributed by atoms with E-state index in [9.17, 15) is 43.2 Å². The molecule has 184 valence electrons. The number of ether oxygens (including phenoxy) is 1. The maximum absolute atomic E-state index is 14.5. The number of aliphatic hydroxyl groups is 2. The van der Waals surface area contributed by atoms with Crippen molar-refractivity contribution >= 4 is 29.3 Å². The van der Waals surface area contributed by atoms with Gasteiger partial charge in [-0.2, -0.15) is 18.9 Å². The molecule has 22 heteroatoms. The van der Waals surface area contributed by atoms with Crippen molar-refractivity contribution in [1.29, 1.82) is 5.26 Å². The molecule has 1 aromatic rings. The summed E-state index contributed by atoms with van der Waals surface area (Å²) < 4.78 is 65.2. The molecule has 2 aliphatic rings. The van der Waals surface area contributed by atoms with Crippen molar-refractivity contribution in [2.45, 2.75) is 29.2 Å². The summed E-state index contributed by atoms with van der Waals surface area (Å²) >= 11 is 0. The number of halogens is 1. The fourth-order valence-electron chi connectivity index (χ4n) is 3.29. The highest BCUT2D eigenvalue weighted by Gasteiger charge is 2.93. The maximum Gasteiger partial charge on any atom is 0.490 e. The largest absolute Gasteiger partial charge is 0.490 e. The fraction of sp³-hybridized carbons (Fsp3) is 0.545. The monoisotopic (exact) mass is 538 g/mol. The van der Waals surface area contributed by atoms with Crippen LogP contribution in [-0.2, 0) is 37.3 Å². The van der Waals surface area contributed by atoms with Gasteiger partial charge < -0.3 is 40.3 Å². The lowest BCUT2D eigenvalue weighted by molar-refractivity contribution is -0.160. The first-order chi connectivity index (χ1) is 14.9. The van der Waals surface area contributed by atoms with Gasteiger partial charge in [-0.15, -0.1) is 0 Å². The molecule has 0 spiro atoms. The predicted octanol–water partition coefficient (Wildman–Crippen LogP) is -2.44. The van der Waals surface area contributed by atoms with Crippen LogP contribution in [0.2, 0.25) is 0 Å². The van der Waals surface area contributed by atoms with E-state index in [2.05, 4.69) is 18.1 Å². The highest BCUT2D eigenvalue weighted by molar-refractivity contribution is 7.66. The number of fused-ring (bicyclic) bond motifs is 1. The molecule has 1 aliphatic carbocycles. The number of hydrogen-bond acceptors (Lipinski definition) is 13. The lowest BCUT2D eigenvalue weighted by Crippen LogP contribution is -2.53. The molecule has 3 rings (SSSR count). The number of nitrogens with zero attached hydrogens (tertiary/aromatic N) is 3. The van der Waals surface area contributed by atoms with Crippen LogP contribution in [0.4, 0.5) is 10.2 Å². The molecule has 2 fully saturated rings. The first kappa shape index (κ1) is 26.0. The van der Waals surface area contributed by atoms with Gasteiger partial charge in [0.15, 0.2) is 23.5 Å². The van der Waals surface area contributed by atoms with Crippen molar-refractivity contribution in [3.8, 4) is 6.07 Å². The summed E-state index contributed by atoms with van der Waals surface area (Å²) in [5.41, 5.74) is -4.54. The van der Waals surface area contributed by atoms with Gasteiger partial charge in [-0.1, -0.05) is 0 Å². The summed E-state index contributed by atoms with van der Waals surface area (Å²) in [7, 11) is -17.4. The lowest BCUT2D eigenvalue weighted by Gasteiger charge is -2.30. The second kappa shape index (κ2) is 7.70. The van der Waals surface area contributed by atoms with Gasteiger partial charge in [0.25, 0.3) is 5.72 Å². The summed E-state index contributed by atoms with van der Waals surface area (Å²) in [4.78, 5) is 51.1. The quantitative estimate of drug-likeness (QED) is 0.169. The molecule has 7 atom stereocenters. The number of nitrogens with two attached hydrogens (primary N) is 1. The molecular weight excluding hydrogens is 524 g/mol. The third-order valence-corrected chi connectivity index (χ3v) is 8.50. The molecular formula is C11H14FN4O14P3. The Morgan fingerprint density at radius 3 is 2.39 bits per heavy atom. The predicted molar refractivity (Wildman–Crippen MR) is 96.0 cm³/mol. The van der Waals surface area contributed by atoms with Gasteiger partial charge in [0.2, 0.25) is 0 Å². The molecule has 0 bridgehead atoms. The smallest absolute Gasteiger partial charge is 0.384 e. The van der Waals surface area contributed by atoms with Gasteiger partial charge in [0, 0.05) is 6.20 Å². The van der Waals surface area contributed by atoms with E-state index < -0.39 is 65.0 Å². The van der Waals surface area contributed by atoms with Crippen LogP contribution in [0.5, 0.6) is 0 Å². The van der Waals surface area contributed by atoms with Crippen molar-refractivity contribution in [2.24, 2.45) is 0 Å². The van der Waals surface area contributed by atoms with E-state index in [1.54, 1.807) is 0 Å². The minimum atomic E-state index is -5.91. The minimum absolute atomic E-state index is 0.300. The van der Waals surface area contributed by atoms with E-state index in [4.69, 9.17) is 25.2 Å². The normalized spacial score (nSPS) is 36.9. The fourth-order valence-corrected chi connectivity index (χ4v) is 6.34. The van der Waals surface area contributed by atoms with Crippen molar-refractivity contribution in [1.82, 2.24) is 9.55 Å². The summed E-state index contributed by atoms with van der Waals surface area (Å²) in [5, 5.41) is 30.6. The van der Waals surface area contributed by atoms with Gasteiger partial charge in [0.05, 0.1) is 6.61 Å². The van der Waals surface area contributed by atoms with Gasteiger partial charge >= 0.3 is 29.2 Å². The van der Waals surface area contributed by atoms with Crippen molar-refractivity contribution in [3.63, 3.8) is 0 Å². The molecule has 8 N–H and O–H groups in total. The van der Waals surface area contributed by atoms with Gasteiger partial charge in [-0.25, -0.2) is 22.9 Å². The molecule has 7 unspecified atom stereocenters. The van der Waals surface area contributed by atoms with Crippen molar-refractivity contribution in [3.05, 3.63) is 22.7 Å². The molecule has 0 aromatic carbocycles. The second-order valence-corrected chi connectivity index (χ2v) is 11.2. The first-order valence-electron chi connectivity index (χ1n) is 8.16. The van der Waals surface area contributed by atoms with Crippen LogP contribution >= 0.6 is 23.5 Å². The Hall–Kier alpha value is -1.61. The van der Waals surface area contributed by atoms with Crippen LogP contribution in [-0.4, -0.2) is 69.4 Å². The molecule has 1 saturated heterocycles.